The van der Waals surface area contributed by atoms with Gasteiger partial charge in [-0.15, -0.1) is 11.3 Å². The lowest BCUT2D eigenvalue weighted by Gasteiger charge is -2.02. The molecule has 1 aromatic heterocycles. The second kappa shape index (κ2) is 6.80. The standard InChI is InChI=1S/C20H19N3O2S/c1-13-4-6-17(14(2)8-13)22-20-23(15(3)11-26-20)21-10-16-5-7-18-19(9-16)25-12-24-18/h4-11H,12H2,1-3H3. The van der Waals surface area contributed by atoms with Crippen LogP contribution in [0.2, 0.25) is 0 Å². The van der Waals surface area contributed by atoms with Gasteiger partial charge >= 0.3 is 0 Å². The zero-order valence-electron chi connectivity index (χ0n) is 14.9. The smallest absolute Gasteiger partial charge is 0.231 e. The minimum absolute atomic E-state index is 0.271. The molecule has 0 N–H and O–H groups in total. The molecular weight excluding hydrogens is 346 g/mol. The van der Waals surface area contributed by atoms with E-state index in [4.69, 9.17) is 14.5 Å². The third kappa shape index (κ3) is 3.28. The van der Waals surface area contributed by atoms with Crippen LogP contribution in [-0.4, -0.2) is 17.7 Å². The molecule has 0 fully saturated rings. The average Bonchev–Trinajstić information content (AvgIpc) is 3.22. The minimum atomic E-state index is 0.271. The van der Waals surface area contributed by atoms with Crippen molar-refractivity contribution in [3.05, 3.63) is 69.0 Å². The molecule has 0 saturated heterocycles. The number of benzene rings is 2. The minimum Gasteiger partial charge on any atom is -0.454 e. The second-order valence-electron chi connectivity index (χ2n) is 6.23. The van der Waals surface area contributed by atoms with E-state index in [1.165, 1.54) is 5.56 Å². The molecule has 6 heteroatoms. The molecule has 1 aliphatic heterocycles. The Bertz CT molecular complexity index is 1060. The van der Waals surface area contributed by atoms with Crippen molar-refractivity contribution in [2.75, 3.05) is 6.79 Å². The summed E-state index contributed by atoms with van der Waals surface area (Å²) in [4.78, 5) is 5.64. The Morgan fingerprint density at radius 2 is 1.88 bits per heavy atom. The van der Waals surface area contributed by atoms with Crippen molar-refractivity contribution >= 4 is 23.2 Å². The lowest BCUT2D eigenvalue weighted by molar-refractivity contribution is 0.174. The number of hydrogen-bond acceptors (Lipinski definition) is 5. The number of fused-ring (bicyclic) bond motifs is 1. The van der Waals surface area contributed by atoms with Gasteiger partial charge in [0.1, 0.15) is 0 Å². The molecule has 0 aliphatic carbocycles. The molecule has 5 nitrogen and oxygen atoms in total. The number of hydrogen-bond donors (Lipinski definition) is 0. The Labute approximate surface area is 155 Å². The lowest BCUT2D eigenvalue weighted by atomic mass is 10.1. The Hall–Kier alpha value is -2.86. The number of nitrogens with zero attached hydrogens (tertiary/aromatic N) is 3. The van der Waals surface area contributed by atoms with Crippen LogP contribution in [0.15, 0.2) is 51.9 Å². The quantitative estimate of drug-likeness (QED) is 0.649. The summed E-state index contributed by atoms with van der Waals surface area (Å²) < 4.78 is 12.6. The van der Waals surface area contributed by atoms with Crippen molar-refractivity contribution in [1.29, 1.82) is 0 Å². The van der Waals surface area contributed by atoms with Crippen molar-refractivity contribution in [1.82, 2.24) is 4.68 Å². The fourth-order valence-corrected chi connectivity index (χ4v) is 3.57. The summed E-state index contributed by atoms with van der Waals surface area (Å²) in [6, 6.07) is 12.0. The van der Waals surface area contributed by atoms with E-state index in [2.05, 4.69) is 36.5 Å². The molecule has 1 aliphatic rings. The zero-order valence-corrected chi connectivity index (χ0v) is 15.7. The molecule has 0 amide bonds. The molecule has 2 aromatic carbocycles. The van der Waals surface area contributed by atoms with Gasteiger partial charge in [0.25, 0.3) is 0 Å². The summed E-state index contributed by atoms with van der Waals surface area (Å²) in [5.74, 6) is 1.52. The summed E-state index contributed by atoms with van der Waals surface area (Å²) in [5.41, 5.74) is 5.34. The van der Waals surface area contributed by atoms with Crippen LogP contribution in [0.1, 0.15) is 22.4 Å². The fraction of sp³-hybridized carbons (Fsp3) is 0.200. The normalized spacial score (nSPS) is 13.7. The maximum Gasteiger partial charge on any atom is 0.231 e. The molecule has 3 aromatic rings. The third-order valence-corrected chi connectivity index (χ3v) is 5.07. The van der Waals surface area contributed by atoms with Crippen molar-refractivity contribution in [2.24, 2.45) is 10.1 Å². The van der Waals surface area contributed by atoms with Gasteiger partial charge < -0.3 is 9.47 Å². The first-order valence-electron chi connectivity index (χ1n) is 8.33. The van der Waals surface area contributed by atoms with E-state index in [0.717, 1.165) is 38.8 Å². The summed E-state index contributed by atoms with van der Waals surface area (Å²) in [5, 5.41) is 6.67. The predicted octanol–water partition coefficient (Wildman–Crippen LogP) is 4.32. The van der Waals surface area contributed by atoms with Crippen molar-refractivity contribution in [3.8, 4) is 11.5 Å². The molecule has 0 unspecified atom stereocenters. The highest BCUT2D eigenvalue weighted by molar-refractivity contribution is 7.07. The first-order chi connectivity index (χ1) is 12.6. The average molecular weight is 365 g/mol. The van der Waals surface area contributed by atoms with Crippen LogP contribution in [0, 0.1) is 20.8 Å². The molecule has 26 heavy (non-hydrogen) atoms. The first kappa shape index (κ1) is 16.6. The van der Waals surface area contributed by atoms with Gasteiger partial charge in [-0.05, 0) is 56.2 Å². The molecule has 132 valence electrons. The maximum absolute atomic E-state index is 5.42. The monoisotopic (exact) mass is 365 g/mol. The van der Waals surface area contributed by atoms with E-state index in [0.29, 0.717) is 0 Å². The Balaban J connectivity index is 1.69. The van der Waals surface area contributed by atoms with Gasteiger partial charge in [0.05, 0.1) is 17.6 Å². The van der Waals surface area contributed by atoms with Crippen molar-refractivity contribution in [2.45, 2.75) is 20.8 Å². The van der Waals surface area contributed by atoms with Gasteiger partial charge in [0, 0.05) is 5.38 Å². The van der Waals surface area contributed by atoms with Crippen LogP contribution in [-0.2, 0) is 0 Å². The highest BCUT2D eigenvalue weighted by atomic mass is 32.1. The Morgan fingerprint density at radius 3 is 2.73 bits per heavy atom. The summed E-state index contributed by atoms with van der Waals surface area (Å²) in [6.45, 7) is 6.45. The van der Waals surface area contributed by atoms with Crippen molar-refractivity contribution in [3.63, 3.8) is 0 Å². The molecule has 0 bridgehead atoms. The largest absolute Gasteiger partial charge is 0.454 e. The number of aromatic nitrogens is 1. The molecule has 2 heterocycles. The SMILES string of the molecule is Cc1ccc(N=c2scc(C)n2N=Cc2ccc3c(c2)OCO3)c(C)c1. The lowest BCUT2D eigenvalue weighted by Crippen LogP contribution is -2.11. The zero-order chi connectivity index (χ0) is 18.1. The van der Waals surface area contributed by atoms with Gasteiger partial charge in [0.2, 0.25) is 11.6 Å². The number of thiazole rings is 1. The summed E-state index contributed by atoms with van der Waals surface area (Å²) in [6.07, 6.45) is 1.81. The maximum atomic E-state index is 5.42. The van der Waals surface area contributed by atoms with Crippen LogP contribution in [0.4, 0.5) is 5.69 Å². The number of aryl methyl sites for hydroxylation is 3. The number of ether oxygens (including phenoxy) is 2. The second-order valence-corrected chi connectivity index (χ2v) is 7.07. The molecule has 4 rings (SSSR count). The van der Waals surface area contributed by atoms with E-state index in [9.17, 15) is 0 Å². The Morgan fingerprint density at radius 1 is 1.04 bits per heavy atom. The predicted molar refractivity (Wildman–Crippen MR) is 104 cm³/mol. The first-order valence-corrected chi connectivity index (χ1v) is 9.21. The van der Waals surface area contributed by atoms with Gasteiger partial charge in [-0.3, -0.25) is 0 Å². The molecule has 0 spiro atoms. The van der Waals surface area contributed by atoms with Gasteiger partial charge in [-0.2, -0.15) is 5.10 Å². The summed E-state index contributed by atoms with van der Waals surface area (Å²) >= 11 is 1.58. The van der Waals surface area contributed by atoms with Crippen molar-refractivity contribution < 1.29 is 9.47 Å². The summed E-state index contributed by atoms with van der Waals surface area (Å²) in [7, 11) is 0. The van der Waals surface area contributed by atoms with Gasteiger partial charge in [-0.25, -0.2) is 9.67 Å². The van der Waals surface area contributed by atoms with Crippen LogP contribution >= 0.6 is 11.3 Å². The van der Waals surface area contributed by atoms with Gasteiger partial charge in [0.15, 0.2) is 11.5 Å². The van der Waals surface area contributed by atoms with E-state index < -0.39 is 0 Å². The Kier molecular flexibility index (Phi) is 4.34. The fourth-order valence-electron chi connectivity index (χ4n) is 2.75. The third-order valence-electron chi connectivity index (χ3n) is 4.14. The van der Waals surface area contributed by atoms with Crippen LogP contribution < -0.4 is 14.3 Å². The molecule has 0 atom stereocenters. The molecular formula is C20H19N3O2S. The van der Waals surface area contributed by atoms with Crippen LogP contribution in [0.5, 0.6) is 11.5 Å². The van der Waals surface area contributed by atoms with E-state index in [1.807, 2.05) is 42.1 Å². The highest BCUT2D eigenvalue weighted by Crippen LogP contribution is 2.32. The van der Waals surface area contributed by atoms with E-state index >= 15 is 0 Å². The van der Waals surface area contributed by atoms with Crippen LogP contribution in [0.3, 0.4) is 0 Å². The van der Waals surface area contributed by atoms with Gasteiger partial charge in [-0.1, -0.05) is 17.7 Å². The van der Waals surface area contributed by atoms with E-state index in [1.54, 1.807) is 11.3 Å². The molecule has 0 saturated carbocycles. The van der Waals surface area contributed by atoms with Crippen LogP contribution in [0.25, 0.3) is 0 Å². The molecule has 0 radical (unpaired) electrons. The number of rotatable bonds is 3. The highest BCUT2D eigenvalue weighted by Gasteiger charge is 2.12. The van der Waals surface area contributed by atoms with E-state index in [-0.39, 0.29) is 6.79 Å². The topological polar surface area (TPSA) is 48.1 Å².